The van der Waals surface area contributed by atoms with E-state index in [9.17, 15) is 4.79 Å². The minimum absolute atomic E-state index is 0.0871. The van der Waals surface area contributed by atoms with Crippen molar-refractivity contribution < 1.29 is 0 Å². The van der Waals surface area contributed by atoms with Gasteiger partial charge in [-0.1, -0.05) is 43.7 Å². The van der Waals surface area contributed by atoms with Crippen molar-refractivity contribution in [2.45, 2.75) is 56.0 Å². The van der Waals surface area contributed by atoms with Gasteiger partial charge in [-0.2, -0.15) is 0 Å². The molecule has 3 aromatic heterocycles. The third kappa shape index (κ3) is 3.95. The van der Waals surface area contributed by atoms with Crippen LogP contribution in [0.5, 0.6) is 0 Å². The SMILES string of the molecule is CC(Sc1nnc(-c2cccnc2)n1C1CCCCC1C)c1nc2ccccc2c(=O)[nH]1. The normalized spacial score (nSPS) is 19.8. The van der Waals surface area contributed by atoms with Crippen molar-refractivity contribution in [3.63, 3.8) is 0 Å². The molecule has 8 heteroatoms. The van der Waals surface area contributed by atoms with Gasteiger partial charge in [0, 0.05) is 24.0 Å². The molecule has 1 N–H and O–H groups in total. The summed E-state index contributed by atoms with van der Waals surface area (Å²) in [5.74, 6) is 2.04. The lowest BCUT2D eigenvalue weighted by molar-refractivity contribution is 0.247. The summed E-state index contributed by atoms with van der Waals surface area (Å²) in [6, 6.07) is 11.7. The van der Waals surface area contributed by atoms with Gasteiger partial charge < -0.3 is 4.98 Å². The first-order valence-corrected chi connectivity index (χ1v) is 12.0. The quantitative estimate of drug-likeness (QED) is 0.425. The minimum atomic E-state index is -0.114. The highest BCUT2D eigenvalue weighted by molar-refractivity contribution is 7.99. The number of nitrogens with zero attached hydrogens (tertiary/aromatic N) is 5. The zero-order valence-electron chi connectivity index (χ0n) is 18.2. The van der Waals surface area contributed by atoms with Crippen LogP contribution in [0, 0.1) is 5.92 Å². The molecule has 3 atom stereocenters. The highest BCUT2D eigenvalue weighted by Gasteiger charge is 2.29. The zero-order chi connectivity index (χ0) is 22.1. The van der Waals surface area contributed by atoms with Gasteiger partial charge in [0.05, 0.1) is 16.2 Å². The fourth-order valence-electron chi connectivity index (χ4n) is 4.54. The fraction of sp³-hybridized carbons (Fsp3) is 0.375. The summed E-state index contributed by atoms with van der Waals surface area (Å²) >= 11 is 1.59. The van der Waals surface area contributed by atoms with Crippen LogP contribution in [0.15, 0.2) is 58.7 Å². The summed E-state index contributed by atoms with van der Waals surface area (Å²) in [4.78, 5) is 24.5. The minimum Gasteiger partial charge on any atom is -0.309 e. The molecule has 0 amide bonds. The van der Waals surface area contributed by atoms with Crippen molar-refractivity contribution in [3.05, 3.63) is 65.0 Å². The number of fused-ring (bicyclic) bond motifs is 1. The molecule has 1 aromatic carbocycles. The molecule has 1 aliphatic rings. The lowest BCUT2D eigenvalue weighted by Crippen LogP contribution is -2.23. The van der Waals surface area contributed by atoms with Gasteiger partial charge in [0.15, 0.2) is 11.0 Å². The molecule has 1 fully saturated rings. The largest absolute Gasteiger partial charge is 0.309 e. The molecule has 0 saturated heterocycles. The Kier molecular flexibility index (Phi) is 5.78. The molecular formula is C24H26N6OS. The number of pyridine rings is 1. The van der Waals surface area contributed by atoms with Crippen LogP contribution in [0.1, 0.15) is 56.6 Å². The molecule has 3 heterocycles. The van der Waals surface area contributed by atoms with Crippen LogP contribution in [0.25, 0.3) is 22.3 Å². The molecule has 32 heavy (non-hydrogen) atoms. The molecule has 0 spiro atoms. The summed E-state index contributed by atoms with van der Waals surface area (Å²) in [6.07, 6.45) is 8.40. The maximum atomic E-state index is 12.6. The van der Waals surface area contributed by atoms with Gasteiger partial charge in [-0.15, -0.1) is 10.2 Å². The van der Waals surface area contributed by atoms with E-state index in [0.717, 1.165) is 23.0 Å². The first-order chi connectivity index (χ1) is 15.6. The lowest BCUT2D eigenvalue weighted by Gasteiger charge is -2.31. The number of benzene rings is 1. The van der Waals surface area contributed by atoms with E-state index in [0.29, 0.717) is 28.7 Å². The van der Waals surface area contributed by atoms with Crippen LogP contribution in [-0.4, -0.2) is 29.7 Å². The predicted molar refractivity (Wildman–Crippen MR) is 127 cm³/mol. The standard InChI is InChI=1S/C24H26N6OS/c1-15-8-3-6-12-20(15)30-22(17-9-7-13-25-14-17)28-29-24(30)32-16(2)21-26-19-11-5-4-10-18(19)23(31)27-21/h4-5,7,9-11,13-16,20H,3,6,8,12H2,1-2H3,(H,26,27,31). The number of para-hydroxylation sites is 1. The molecule has 4 aromatic rings. The van der Waals surface area contributed by atoms with Crippen LogP contribution in [0.4, 0.5) is 0 Å². The molecule has 0 aliphatic heterocycles. The van der Waals surface area contributed by atoms with E-state index < -0.39 is 0 Å². The number of H-pyrrole nitrogens is 1. The Bertz CT molecular complexity index is 1280. The first-order valence-electron chi connectivity index (χ1n) is 11.1. The van der Waals surface area contributed by atoms with Gasteiger partial charge in [0.2, 0.25) is 0 Å². The van der Waals surface area contributed by atoms with E-state index in [-0.39, 0.29) is 10.8 Å². The van der Waals surface area contributed by atoms with Crippen LogP contribution < -0.4 is 5.56 Å². The van der Waals surface area contributed by atoms with Gasteiger partial charge in [-0.3, -0.25) is 14.3 Å². The van der Waals surface area contributed by atoms with Crippen molar-refractivity contribution in [3.8, 4) is 11.4 Å². The Labute approximate surface area is 190 Å². The number of hydrogen-bond donors (Lipinski definition) is 1. The average molecular weight is 447 g/mol. The average Bonchev–Trinajstić information content (AvgIpc) is 3.23. The molecule has 1 aliphatic carbocycles. The summed E-state index contributed by atoms with van der Waals surface area (Å²) < 4.78 is 2.29. The zero-order valence-corrected chi connectivity index (χ0v) is 19.0. The molecular weight excluding hydrogens is 420 g/mol. The maximum absolute atomic E-state index is 12.6. The number of aromatic nitrogens is 6. The molecule has 3 unspecified atom stereocenters. The fourth-order valence-corrected chi connectivity index (χ4v) is 5.50. The van der Waals surface area contributed by atoms with E-state index in [1.165, 1.54) is 19.3 Å². The molecule has 0 bridgehead atoms. The third-order valence-corrected chi connectivity index (χ3v) is 7.35. The van der Waals surface area contributed by atoms with Gasteiger partial charge in [-0.05, 0) is 49.9 Å². The van der Waals surface area contributed by atoms with E-state index in [2.05, 4.69) is 31.7 Å². The van der Waals surface area contributed by atoms with Crippen molar-refractivity contribution in [1.29, 1.82) is 0 Å². The second-order valence-electron chi connectivity index (χ2n) is 8.48. The topological polar surface area (TPSA) is 89.3 Å². The summed E-state index contributed by atoms with van der Waals surface area (Å²) in [7, 11) is 0. The van der Waals surface area contributed by atoms with E-state index in [1.54, 1.807) is 24.0 Å². The first kappa shape index (κ1) is 20.9. The van der Waals surface area contributed by atoms with E-state index in [4.69, 9.17) is 4.98 Å². The number of aromatic amines is 1. The molecule has 0 radical (unpaired) electrons. The van der Waals surface area contributed by atoms with E-state index >= 15 is 0 Å². The monoisotopic (exact) mass is 446 g/mol. The Morgan fingerprint density at radius 1 is 1.12 bits per heavy atom. The van der Waals surface area contributed by atoms with Crippen LogP contribution >= 0.6 is 11.8 Å². The molecule has 5 rings (SSSR count). The van der Waals surface area contributed by atoms with Gasteiger partial charge in [-0.25, -0.2) is 4.98 Å². The van der Waals surface area contributed by atoms with Crippen molar-refractivity contribution in [1.82, 2.24) is 29.7 Å². The number of thioether (sulfide) groups is 1. The van der Waals surface area contributed by atoms with Crippen molar-refractivity contribution in [2.75, 3.05) is 0 Å². The summed E-state index contributed by atoms with van der Waals surface area (Å²) in [5, 5.41) is 10.5. The molecule has 164 valence electrons. The number of hydrogen-bond acceptors (Lipinski definition) is 6. The Hall–Kier alpha value is -3.00. The lowest BCUT2D eigenvalue weighted by atomic mass is 9.85. The second kappa shape index (κ2) is 8.86. The molecule has 7 nitrogen and oxygen atoms in total. The highest BCUT2D eigenvalue weighted by Crippen LogP contribution is 2.41. The summed E-state index contributed by atoms with van der Waals surface area (Å²) in [6.45, 7) is 4.36. The van der Waals surface area contributed by atoms with Crippen molar-refractivity contribution in [2.24, 2.45) is 5.92 Å². The van der Waals surface area contributed by atoms with Gasteiger partial charge in [0.1, 0.15) is 5.82 Å². The number of rotatable bonds is 5. The third-order valence-electron chi connectivity index (χ3n) is 6.28. The second-order valence-corrected chi connectivity index (χ2v) is 9.78. The maximum Gasteiger partial charge on any atom is 0.258 e. The van der Waals surface area contributed by atoms with Crippen LogP contribution in [0.2, 0.25) is 0 Å². The van der Waals surface area contributed by atoms with Crippen molar-refractivity contribution >= 4 is 22.7 Å². The molecule has 1 saturated carbocycles. The Morgan fingerprint density at radius 3 is 2.78 bits per heavy atom. The Morgan fingerprint density at radius 2 is 1.97 bits per heavy atom. The van der Waals surface area contributed by atoms with Crippen LogP contribution in [-0.2, 0) is 0 Å². The van der Waals surface area contributed by atoms with Gasteiger partial charge in [0.25, 0.3) is 5.56 Å². The smallest absolute Gasteiger partial charge is 0.258 e. The Balaban J connectivity index is 1.53. The van der Waals surface area contributed by atoms with Gasteiger partial charge >= 0.3 is 0 Å². The summed E-state index contributed by atoms with van der Waals surface area (Å²) in [5.41, 5.74) is 1.56. The highest BCUT2D eigenvalue weighted by atomic mass is 32.2. The predicted octanol–water partition coefficient (Wildman–Crippen LogP) is 5.18. The van der Waals surface area contributed by atoms with E-state index in [1.807, 2.05) is 43.5 Å². The van der Waals surface area contributed by atoms with Crippen LogP contribution in [0.3, 0.4) is 0 Å². The number of nitrogens with one attached hydrogen (secondary N) is 1.